The van der Waals surface area contributed by atoms with E-state index >= 15 is 0 Å². The number of nitrogens with zero attached hydrogens (tertiary/aromatic N) is 3. The van der Waals surface area contributed by atoms with Crippen LogP contribution in [0.3, 0.4) is 0 Å². The standard InChI is InChI=1S/C22H30ClN3O4/c1-15(2)26-14-17(13-20(26)27)22(29)25-10-4-9-24(11-12-25)21(28)16(3)30-19-7-5-18(23)6-8-19/h5-8,15-17H,4,9-14H2,1-3H3. The maximum atomic E-state index is 13.0. The molecule has 3 rings (SSSR count). The minimum atomic E-state index is -0.625. The fourth-order valence-electron chi connectivity index (χ4n) is 4.04. The highest BCUT2D eigenvalue weighted by Gasteiger charge is 2.38. The first-order valence-electron chi connectivity index (χ1n) is 10.6. The second-order valence-electron chi connectivity index (χ2n) is 8.26. The lowest BCUT2D eigenvalue weighted by atomic mass is 10.1. The van der Waals surface area contributed by atoms with E-state index in [1.54, 1.807) is 45.9 Å². The highest BCUT2D eigenvalue weighted by Crippen LogP contribution is 2.23. The SMILES string of the molecule is CC(Oc1ccc(Cl)cc1)C(=O)N1CCCN(C(=O)C2CC(=O)N(C(C)C)C2)CC1. The fraction of sp³-hybridized carbons (Fsp3) is 0.591. The molecule has 7 nitrogen and oxygen atoms in total. The normalized spacial score (nSPS) is 21.0. The van der Waals surface area contributed by atoms with E-state index in [0.29, 0.717) is 49.9 Å². The summed E-state index contributed by atoms with van der Waals surface area (Å²) in [6.07, 6.45) is 0.363. The molecule has 0 spiro atoms. The molecule has 0 aromatic heterocycles. The second kappa shape index (κ2) is 9.69. The summed E-state index contributed by atoms with van der Waals surface area (Å²) in [4.78, 5) is 43.3. The van der Waals surface area contributed by atoms with Gasteiger partial charge in [-0.1, -0.05) is 11.6 Å². The van der Waals surface area contributed by atoms with E-state index in [2.05, 4.69) is 0 Å². The summed E-state index contributed by atoms with van der Waals surface area (Å²) < 4.78 is 5.75. The molecule has 2 atom stereocenters. The smallest absolute Gasteiger partial charge is 0.263 e. The van der Waals surface area contributed by atoms with Gasteiger partial charge in [0.05, 0.1) is 5.92 Å². The molecule has 1 aromatic rings. The molecule has 2 heterocycles. The molecule has 0 bridgehead atoms. The first-order chi connectivity index (χ1) is 14.3. The summed E-state index contributed by atoms with van der Waals surface area (Å²) in [5, 5.41) is 0.610. The van der Waals surface area contributed by atoms with E-state index in [0.717, 1.165) is 0 Å². The molecule has 2 saturated heterocycles. The first-order valence-corrected chi connectivity index (χ1v) is 10.9. The van der Waals surface area contributed by atoms with Crippen molar-refractivity contribution in [2.45, 2.75) is 45.8 Å². The number of ether oxygens (including phenoxy) is 1. The number of hydrogen-bond donors (Lipinski definition) is 0. The zero-order valence-corrected chi connectivity index (χ0v) is 18.6. The van der Waals surface area contributed by atoms with Gasteiger partial charge >= 0.3 is 0 Å². The topological polar surface area (TPSA) is 70.2 Å². The molecule has 0 radical (unpaired) electrons. The zero-order chi connectivity index (χ0) is 21.8. The van der Waals surface area contributed by atoms with Crippen LogP contribution in [0.4, 0.5) is 0 Å². The Kier molecular flexibility index (Phi) is 7.23. The average molecular weight is 436 g/mol. The Morgan fingerprint density at radius 3 is 2.30 bits per heavy atom. The Morgan fingerprint density at radius 1 is 1.03 bits per heavy atom. The van der Waals surface area contributed by atoms with Gasteiger partial charge in [-0.3, -0.25) is 14.4 Å². The third kappa shape index (κ3) is 5.25. The van der Waals surface area contributed by atoms with Crippen molar-refractivity contribution >= 4 is 29.3 Å². The number of carbonyl (C=O) groups is 3. The van der Waals surface area contributed by atoms with E-state index in [4.69, 9.17) is 16.3 Å². The third-order valence-corrected chi connectivity index (χ3v) is 5.98. The Bertz CT molecular complexity index is 783. The van der Waals surface area contributed by atoms with Crippen LogP contribution in [0.25, 0.3) is 0 Å². The minimum absolute atomic E-state index is 0.0197. The lowest BCUT2D eigenvalue weighted by Gasteiger charge is -2.26. The predicted octanol–water partition coefficient (Wildman–Crippen LogP) is 2.43. The highest BCUT2D eigenvalue weighted by atomic mass is 35.5. The van der Waals surface area contributed by atoms with Crippen molar-refractivity contribution in [3.63, 3.8) is 0 Å². The van der Waals surface area contributed by atoms with Gasteiger partial charge in [-0.2, -0.15) is 0 Å². The Hall–Kier alpha value is -2.28. The predicted molar refractivity (Wildman–Crippen MR) is 114 cm³/mol. The second-order valence-corrected chi connectivity index (χ2v) is 8.70. The van der Waals surface area contributed by atoms with Crippen LogP contribution < -0.4 is 4.74 Å². The molecule has 164 valence electrons. The summed E-state index contributed by atoms with van der Waals surface area (Å²) >= 11 is 5.88. The van der Waals surface area contributed by atoms with E-state index in [1.807, 2.05) is 13.8 Å². The Balaban J connectivity index is 1.54. The number of hydrogen-bond acceptors (Lipinski definition) is 4. The van der Waals surface area contributed by atoms with Crippen LogP contribution in [-0.2, 0) is 14.4 Å². The largest absolute Gasteiger partial charge is 0.481 e. The number of likely N-dealkylation sites (tertiary alicyclic amines) is 1. The van der Waals surface area contributed by atoms with Gasteiger partial charge in [-0.05, 0) is 51.5 Å². The van der Waals surface area contributed by atoms with Crippen LogP contribution in [0.1, 0.15) is 33.6 Å². The van der Waals surface area contributed by atoms with Crippen molar-refractivity contribution in [3.8, 4) is 5.75 Å². The highest BCUT2D eigenvalue weighted by molar-refractivity contribution is 6.30. The van der Waals surface area contributed by atoms with E-state index in [-0.39, 0.29) is 36.1 Å². The Morgan fingerprint density at radius 2 is 1.67 bits per heavy atom. The molecular formula is C22H30ClN3O4. The molecule has 3 amide bonds. The molecule has 0 N–H and O–H groups in total. The lowest BCUT2D eigenvalue weighted by molar-refractivity contribution is -0.139. The van der Waals surface area contributed by atoms with Gasteiger partial charge in [0.1, 0.15) is 5.75 Å². The maximum Gasteiger partial charge on any atom is 0.263 e. The number of amides is 3. The van der Waals surface area contributed by atoms with Crippen LogP contribution in [-0.4, -0.2) is 77.3 Å². The fourth-order valence-corrected chi connectivity index (χ4v) is 4.16. The molecule has 2 unspecified atom stereocenters. The molecular weight excluding hydrogens is 406 g/mol. The minimum Gasteiger partial charge on any atom is -0.481 e. The molecule has 1 aromatic carbocycles. The van der Waals surface area contributed by atoms with Crippen LogP contribution >= 0.6 is 11.6 Å². The molecule has 2 aliphatic heterocycles. The monoisotopic (exact) mass is 435 g/mol. The van der Waals surface area contributed by atoms with Gasteiger partial charge in [0.15, 0.2) is 6.10 Å². The maximum absolute atomic E-state index is 13.0. The zero-order valence-electron chi connectivity index (χ0n) is 17.8. The van der Waals surface area contributed by atoms with Crippen molar-refractivity contribution < 1.29 is 19.1 Å². The van der Waals surface area contributed by atoms with E-state index in [9.17, 15) is 14.4 Å². The van der Waals surface area contributed by atoms with Crippen molar-refractivity contribution in [1.29, 1.82) is 0 Å². The van der Waals surface area contributed by atoms with Crippen molar-refractivity contribution in [2.24, 2.45) is 5.92 Å². The van der Waals surface area contributed by atoms with Crippen molar-refractivity contribution in [2.75, 3.05) is 32.7 Å². The summed E-state index contributed by atoms with van der Waals surface area (Å²) in [5.41, 5.74) is 0. The van der Waals surface area contributed by atoms with Crippen molar-refractivity contribution in [3.05, 3.63) is 29.3 Å². The van der Waals surface area contributed by atoms with Crippen LogP contribution in [0, 0.1) is 5.92 Å². The van der Waals surface area contributed by atoms with E-state index < -0.39 is 6.10 Å². The quantitative estimate of drug-likeness (QED) is 0.712. The van der Waals surface area contributed by atoms with Gasteiger partial charge in [0.2, 0.25) is 11.8 Å². The summed E-state index contributed by atoms with van der Waals surface area (Å²) in [6.45, 7) is 8.27. The number of rotatable bonds is 5. The van der Waals surface area contributed by atoms with Gasteiger partial charge in [0.25, 0.3) is 5.91 Å². The van der Waals surface area contributed by atoms with Crippen LogP contribution in [0.2, 0.25) is 5.02 Å². The summed E-state index contributed by atoms with van der Waals surface area (Å²) in [5.74, 6) is 0.275. The van der Waals surface area contributed by atoms with Crippen molar-refractivity contribution in [1.82, 2.24) is 14.7 Å². The number of carbonyl (C=O) groups excluding carboxylic acids is 3. The van der Waals surface area contributed by atoms with Crippen LogP contribution in [0.5, 0.6) is 5.75 Å². The van der Waals surface area contributed by atoms with Gasteiger partial charge in [-0.25, -0.2) is 0 Å². The average Bonchev–Trinajstić information content (AvgIpc) is 2.95. The number of halogens is 1. The lowest BCUT2D eigenvalue weighted by Crippen LogP contribution is -2.44. The molecule has 0 aliphatic carbocycles. The Labute approximate surface area is 182 Å². The van der Waals surface area contributed by atoms with Crippen LogP contribution in [0.15, 0.2) is 24.3 Å². The molecule has 2 aliphatic rings. The molecule has 8 heteroatoms. The van der Waals surface area contributed by atoms with Gasteiger partial charge in [-0.15, -0.1) is 0 Å². The molecule has 30 heavy (non-hydrogen) atoms. The van der Waals surface area contributed by atoms with Gasteiger partial charge < -0.3 is 19.4 Å². The number of benzene rings is 1. The third-order valence-electron chi connectivity index (χ3n) is 5.72. The summed E-state index contributed by atoms with van der Waals surface area (Å²) in [7, 11) is 0. The summed E-state index contributed by atoms with van der Waals surface area (Å²) in [6, 6.07) is 7.01. The van der Waals surface area contributed by atoms with Gasteiger partial charge in [0, 0.05) is 50.2 Å². The first kappa shape index (κ1) is 22.4. The molecule has 2 fully saturated rings. The molecule has 0 saturated carbocycles. The van der Waals surface area contributed by atoms with E-state index in [1.165, 1.54) is 0 Å².